The second-order valence-corrected chi connectivity index (χ2v) is 7.68. The first-order valence-corrected chi connectivity index (χ1v) is 9.66. The number of hydrogen-bond acceptors (Lipinski definition) is 5. The van der Waals surface area contributed by atoms with Gasteiger partial charge in [0, 0.05) is 38.1 Å². The van der Waals surface area contributed by atoms with Crippen LogP contribution in [-0.4, -0.2) is 61.6 Å². The number of piperidine rings is 2. The van der Waals surface area contributed by atoms with Crippen LogP contribution in [0.2, 0.25) is 0 Å². The van der Waals surface area contributed by atoms with E-state index in [1.807, 2.05) is 0 Å². The Labute approximate surface area is 155 Å². The third kappa shape index (κ3) is 2.95. The second-order valence-electron chi connectivity index (χ2n) is 7.68. The van der Waals surface area contributed by atoms with E-state index in [9.17, 15) is 4.79 Å². The van der Waals surface area contributed by atoms with E-state index in [1.165, 1.54) is 11.1 Å². The zero-order chi connectivity index (χ0) is 18.3. The maximum Gasteiger partial charge on any atom is 0.222 e. The largest absolute Gasteiger partial charge is 0.493 e. The number of nitrogens with zero attached hydrogens (tertiary/aromatic N) is 2. The summed E-state index contributed by atoms with van der Waals surface area (Å²) in [5.41, 5.74) is 9.21. The predicted octanol–water partition coefficient (Wildman–Crippen LogP) is 1.72. The number of hydrogen-bond donors (Lipinski definition) is 1. The molecule has 0 aromatic heterocycles. The quantitative estimate of drug-likeness (QED) is 0.890. The Morgan fingerprint density at radius 2 is 1.85 bits per heavy atom. The fraction of sp³-hybridized carbons (Fsp3) is 0.650. The van der Waals surface area contributed by atoms with E-state index in [0.717, 1.165) is 56.8 Å². The molecule has 0 saturated carbocycles. The molecule has 3 atom stereocenters. The highest BCUT2D eigenvalue weighted by atomic mass is 16.5. The molecule has 0 bridgehead atoms. The van der Waals surface area contributed by atoms with Gasteiger partial charge in [-0.25, -0.2) is 0 Å². The molecule has 1 amide bonds. The minimum atomic E-state index is 0.0114. The summed E-state index contributed by atoms with van der Waals surface area (Å²) in [4.78, 5) is 16.9. The van der Waals surface area contributed by atoms with Gasteiger partial charge in [-0.05, 0) is 48.9 Å². The Morgan fingerprint density at radius 1 is 1.08 bits per heavy atom. The average molecular weight is 359 g/mol. The van der Waals surface area contributed by atoms with Crippen LogP contribution >= 0.6 is 0 Å². The first-order valence-electron chi connectivity index (χ1n) is 9.66. The van der Waals surface area contributed by atoms with Gasteiger partial charge in [0.25, 0.3) is 0 Å². The first kappa shape index (κ1) is 17.6. The molecule has 6 heteroatoms. The average Bonchev–Trinajstić information content (AvgIpc) is 2.67. The lowest BCUT2D eigenvalue weighted by atomic mass is 9.82. The molecule has 0 unspecified atom stereocenters. The van der Waals surface area contributed by atoms with Crippen molar-refractivity contribution >= 4 is 5.91 Å². The van der Waals surface area contributed by atoms with Gasteiger partial charge in [0.2, 0.25) is 5.91 Å². The SMILES string of the molecule is COc1cc2c(cc1OC)[C@@H]1C[C@H](N)[C@@H](N3CCCCC3=O)CN1CC2. The number of ether oxygens (including phenoxy) is 2. The van der Waals surface area contributed by atoms with Gasteiger partial charge in [0.05, 0.1) is 20.3 Å². The van der Waals surface area contributed by atoms with Gasteiger partial charge in [0.15, 0.2) is 11.5 Å². The van der Waals surface area contributed by atoms with Crippen LogP contribution in [0.4, 0.5) is 0 Å². The van der Waals surface area contributed by atoms with E-state index in [4.69, 9.17) is 15.2 Å². The third-order valence-corrected chi connectivity index (χ3v) is 6.29. The number of carbonyl (C=O) groups excluding carboxylic acids is 1. The van der Waals surface area contributed by atoms with Crippen LogP contribution in [0.25, 0.3) is 0 Å². The molecule has 2 N–H and O–H groups in total. The van der Waals surface area contributed by atoms with Crippen molar-refractivity contribution in [1.82, 2.24) is 9.80 Å². The molecule has 142 valence electrons. The van der Waals surface area contributed by atoms with E-state index >= 15 is 0 Å². The van der Waals surface area contributed by atoms with Crippen molar-refractivity contribution in [2.45, 2.75) is 50.2 Å². The molecule has 0 radical (unpaired) electrons. The lowest BCUT2D eigenvalue weighted by Crippen LogP contribution is -2.62. The number of carbonyl (C=O) groups is 1. The van der Waals surface area contributed by atoms with Crippen molar-refractivity contribution in [1.29, 1.82) is 0 Å². The minimum absolute atomic E-state index is 0.0114. The summed E-state index contributed by atoms with van der Waals surface area (Å²) < 4.78 is 11.0. The van der Waals surface area contributed by atoms with Crippen LogP contribution in [0.5, 0.6) is 11.5 Å². The number of nitrogens with two attached hydrogens (primary N) is 1. The molecule has 3 heterocycles. The smallest absolute Gasteiger partial charge is 0.222 e. The highest BCUT2D eigenvalue weighted by molar-refractivity contribution is 5.77. The lowest BCUT2D eigenvalue weighted by molar-refractivity contribution is -0.138. The summed E-state index contributed by atoms with van der Waals surface area (Å²) in [7, 11) is 3.35. The zero-order valence-electron chi connectivity index (χ0n) is 15.7. The maximum atomic E-state index is 12.4. The second kappa shape index (κ2) is 7.08. The van der Waals surface area contributed by atoms with Gasteiger partial charge in [0.1, 0.15) is 0 Å². The third-order valence-electron chi connectivity index (χ3n) is 6.29. The van der Waals surface area contributed by atoms with Crippen molar-refractivity contribution in [2.24, 2.45) is 5.73 Å². The Hall–Kier alpha value is -1.79. The van der Waals surface area contributed by atoms with Gasteiger partial charge < -0.3 is 20.1 Å². The van der Waals surface area contributed by atoms with Gasteiger partial charge in [-0.15, -0.1) is 0 Å². The molecule has 26 heavy (non-hydrogen) atoms. The number of rotatable bonds is 3. The number of benzene rings is 1. The molecule has 4 rings (SSSR count). The highest BCUT2D eigenvalue weighted by Gasteiger charge is 2.41. The molecule has 2 saturated heterocycles. The number of amides is 1. The molecule has 0 spiro atoms. The first-order chi connectivity index (χ1) is 12.6. The summed E-state index contributed by atoms with van der Waals surface area (Å²) in [5, 5.41) is 0. The van der Waals surface area contributed by atoms with E-state index in [1.54, 1.807) is 14.2 Å². The van der Waals surface area contributed by atoms with Crippen LogP contribution in [0.3, 0.4) is 0 Å². The normalized spacial score (nSPS) is 29.1. The highest BCUT2D eigenvalue weighted by Crippen LogP contribution is 2.42. The van der Waals surface area contributed by atoms with Crippen molar-refractivity contribution in [3.63, 3.8) is 0 Å². The summed E-state index contributed by atoms with van der Waals surface area (Å²) in [5.74, 6) is 1.84. The standard InChI is InChI=1S/C20H29N3O3/c1-25-18-9-13-6-8-22-12-17(23-7-4-3-5-20(23)24)15(21)11-16(22)14(13)10-19(18)26-2/h9-10,15-17H,3-8,11-12,21H2,1-2H3/t15-,16-,17-/m0/s1. The molecule has 1 aromatic carbocycles. The molecule has 2 fully saturated rings. The molecular formula is C20H29N3O3. The zero-order valence-corrected chi connectivity index (χ0v) is 15.7. The van der Waals surface area contributed by atoms with Gasteiger partial charge in [-0.3, -0.25) is 9.69 Å². The Bertz CT molecular complexity index is 693. The summed E-state index contributed by atoms with van der Waals surface area (Å²) >= 11 is 0. The lowest BCUT2D eigenvalue weighted by Gasteiger charge is -2.50. The van der Waals surface area contributed by atoms with Crippen molar-refractivity contribution in [2.75, 3.05) is 33.9 Å². The fourth-order valence-corrected chi connectivity index (χ4v) is 4.87. The van der Waals surface area contributed by atoms with Crippen LogP contribution in [0.1, 0.15) is 42.9 Å². The van der Waals surface area contributed by atoms with Crippen molar-refractivity contribution in [3.8, 4) is 11.5 Å². The van der Waals surface area contributed by atoms with E-state index in [-0.39, 0.29) is 18.0 Å². The monoisotopic (exact) mass is 359 g/mol. The van der Waals surface area contributed by atoms with Crippen LogP contribution in [0.15, 0.2) is 12.1 Å². The van der Waals surface area contributed by atoms with Crippen molar-refractivity contribution < 1.29 is 14.3 Å². The molecule has 1 aromatic rings. The van der Waals surface area contributed by atoms with Crippen molar-refractivity contribution in [3.05, 3.63) is 23.3 Å². The number of fused-ring (bicyclic) bond motifs is 3. The molecular weight excluding hydrogens is 330 g/mol. The fourth-order valence-electron chi connectivity index (χ4n) is 4.87. The minimum Gasteiger partial charge on any atom is -0.493 e. The predicted molar refractivity (Wildman–Crippen MR) is 99.5 cm³/mol. The van der Waals surface area contributed by atoms with Gasteiger partial charge in [-0.2, -0.15) is 0 Å². The number of likely N-dealkylation sites (tertiary alicyclic amines) is 1. The topological polar surface area (TPSA) is 68.0 Å². The summed E-state index contributed by atoms with van der Waals surface area (Å²) in [6.07, 6.45) is 4.64. The molecule has 0 aliphatic carbocycles. The Kier molecular flexibility index (Phi) is 4.80. The van der Waals surface area contributed by atoms with Crippen LogP contribution < -0.4 is 15.2 Å². The number of methoxy groups -OCH3 is 2. The Balaban J connectivity index is 1.59. The van der Waals surface area contributed by atoms with Gasteiger partial charge >= 0.3 is 0 Å². The molecule has 3 aliphatic heterocycles. The van der Waals surface area contributed by atoms with E-state index < -0.39 is 0 Å². The van der Waals surface area contributed by atoms with Gasteiger partial charge in [-0.1, -0.05) is 0 Å². The molecule has 3 aliphatic rings. The Morgan fingerprint density at radius 3 is 2.58 bits per heavy atom. The van der Waals surface area contributed by atoms with Crippen LogP contribution in [0, 0.1) is 0 Å². The summed E-state index contributed by atoms with van der Waals surface area (Å²) in [6.45, 7) is 2.72. The van der Waals surface area contributed by atoms with Crippen LogP contribution in [-0.2, 0) is 11.2 Å². The maximum absolute atomic E-state index is 12.4. The van der Waals surface area contributed by atoms with E-state index in [2.05, 4.69) is 21.9 Å². The summed E-state index contributed by atoms with van der Waals surface area (Å²) in [6, 6.07) is 4.67. The molecule has 6 nitrogen and oxygen atoms in total. The van der Waals surface area contributed by atoms with E-state index in [0.29, 0.717) is 12.5 Å².